The van der Waals surface area contributed by atoms with Crippen molar-refractivity contribution in [3.63, 3.8) is 0 Å². The monoisotopic (exact) mass is 248 g/mol. The second-order valence-corrected chi connectivity index (χ2v) is 5.16. The van der Waals surface area contributed by atoms with Gasteiger partial charge in [0.2, 0.25) is 0 Å². The maximum Gasteiger partial charge on any atom is 0.0916 e. The highest BCUT2D eigenvalue weighted by Crippen LogP contribution is 2.16. The predicted molar refractivity (Wildman–Crippen MR) is 74.7 cm³/mol. The molecule has 2 rings (SSSR count). The zero-order valence-corrected chi connectivity index (χ0v) is 11.5. The highest BCUT2D eigenvalue weighted by Gasteiger charge is 2.18. The first kappa shape index (κ1) is 13.5. The Morgan fingerprint density at radius 1 is 1.06 bits per heavy atom. The second kappa shape index (κ2) is 6.32. The minimum Gasteiger partial charge on any atom is -0.387 e. The topological polar surface area (TPSA) is 26.7 Å². The molecular formula is C15H24N2O. The molecule has 18 heavy (non-hydrogen) atoms. The van der Waals surface area contributed by atoms with Gasteiger partial charge >= 0.3 is 0 Å². The fourth-order valence-electron chi connectivity index (χ4n) is 2.43. The molecule has 1 saturated heterocycles. The van der Waals surface area contributed by atoms with E-state index in [1.165, 1.54) is 5.56 Å². The van der Waals surface area contributed by atoms with Crippen molar-refractivity contribution in [2.45, 2.75) is 20.0 Å². The fraction of sp³-hybridized carbons (Fsp3) is 0.600. The van der Waals surface area contributed by atoms with Crippen LogP contribution in [0.3, 0.4) is 0 Å². The number of aliphatic hydroxyl groups excluding tert-OH is 1. The van der Waals surface area contributed by atoms with E-state index in [2.05, 4.69) is 35.8 Å². The molecule has 0 radical (unpaired) electrons. The molecule has 1 aliphatic rings. The first-order valence-electron chi connectivity index (χ1n) is 6.88. The fourth-order valence-corrected chi connectivity index (χ4v) is 2.43. The summed E-state index contributed by atoms with van der Waals surface area (Å²) in [6.45, 7) is 10.5. The quantitative estimate of drug-likeness (QED) is 0.878. The Labute approximate surface area is 110 Å². The van der Waals surface area contributed by atoms with Gasteiger partial charge in [-0.1, -0.05) is 36.8 Å². The van der Waals surface area contributed by atoms with Crippen LogP contribution in [0.4, 0.5) is 0 Å². The summed E-state index contributed by atoms with van der Waals surface area (Å²) in [5.41, 5.74) is 2.26. The Hall–Kier alpha value is -0.900. The number of piperazine rings is 1. The molecule has 100 valence electrons. The zero-order valence-electron chi connectivity index (χ0n) is 11.5. The van der Waals surface area contributed by atoms with Crippen LogP contribution < -0.4 is 0 Å². The number of hydrogen-bond acceptors (Lipinski definition) is 3. The third-order valence-electron chi connectivity index (χ3n) is 3.81. The lowest BCUT2D eigenvalue weighted by Crippen LogP contribution is -2.47. The van der Waals surface area contributed by atoms with Crippen molar-refractivity contribution in [1.29, 1.82) is 0 Å². The molecule has 1 unspecified atom stereocenters. The van der Waals surface area contributed by atoms with Gasteiger partial charge in [-0.3, -0.25) is 4.90 Å². The van der Waals surface area contributed by atoms with Gasteiger partial charge in [-0.05, 0) is 19.0 Å². The third-order valence-corrected chi connectivity index (χ3v) is 3.81. The number of nitrogens with zero attached hydrogens (tertiary/aromatic N) is 2. The summed E-state index contributed by atoms with van der Waals surface area (Å²) in [5.74, 6) is 0. The van der Waals surface area contributed by atoms with Gasteiger partial charge < -0.3 is 10.0 Å². The molecule has 1 aromatic carbocycles. The molecule has 0 amide bonds. The van der Waals surface area contributed by atoms with Crippen LogP contribution in [0.25, 0.3) is 0 Å². The normalized spacial score (nSPS) is 19.9. The molecular weight excluding hydrogens is 224 g/mol. The van der Waals surface area contributed by atoms with E-state index in [-0.39, 0.29) is 6.10 Å². The lowest BCUT2D eigenvalue weighted by Gasteiger charge is -2.35. The molecule has 1 aromatic rings. The van der Waals surface area contributed by atoms with Crippen molar-refractivity contribution in [1.82, 2.24) is 9.80 Å². The third kappa shape index (κ3) is 3.55. The molecule has 0 saturated carbocycles. The van der Waals surface area contributed by atoms with E-state index in [9.17, 15) is 5.11 Å². The van der Waals surface area contributed by atoms with E-state index in [1.54, 1.807) is 0 Å². The number of rotatable bonds is 4. The van der Waals surface area contributed by atoms with E-state index >= 15 is 0 Å². The molecule has 1 atom stereocenters. The summed E-state index contributed by atoms with van der Waals surface area (Å²) in [6, 6.07) is 8.19. The Balaban J connectivity index is 1.84. The van der Waals surface area contributed by atoms with Crippen molar-refractivity contribution < 1.29 is 5.11 Å². The molecule has 3 heteroatoms. The summed E-state index contributed by atoms with van der Waals surface area (Å²) in [7, 11) is 0. The summed E-state index contributed by atoms with van der Waals surface area (Å²) < 4.78 is 0. The average Bonchev–Trinajstić information content (AvgIpc) is 2.40. The highest BCUT2D eigenvalue weighted by atomic mass is 16.3. The minimum atomic E-state index is -0.362. The number of aryl methyl sites for hydroxylation is 1. The molecule has 1 fully saturated rings. The van der Waals surface area contributed by atoms with E-state index < -0.39 is 0 Å². The minimum absolute atomic E-state index is 0.362. The number of likely N-dealkylation sites (N-methyl/N-ethyl adjacent to an activating group) is 1. The largest absolute Gasteiger partial charge is 0.387 e. The summed E-state index contributed by atoms with van der Waals surface area (Å²) in [5, 5.41) is 10.2. The Kier molecular flexibility index (Phi) is 4.75. The number of hydrogen-bond donors (Lipinski definition) is 1. The molecule has 0 aliphatic carbocycles. The molecule has 1 aliphatic heterocycles. The van der Waals surface area contributed by atoms with Gasteiger partial charge in [0.15, 0.2) is 0 Å². The van der Waals surface area contributed by atoms with Gasteiger partial charge in [-0.25, -0.2) is 0 Å². The van der Waals surface area contributed by atoms with Crippen LogP contribution >= 0.6 is 0 Å². The van der Waals surface area contributed by atoms with Crippen LogP contribution in [0.15, 0.2) is 24.3 Å². The molecule has 1 heterocycles. The number of benzene rings is 1. The Morgan fingerprint density at radius 3 is 2.17 bits per heavy atom. The first-order valence-corrected chi connectivity index (χ1v) is 6.88. The van der Waals surface area contributed by atoms with Crippen molar-refractivity contribution in [3.05, 3.63) is 35.4 Å². The highest BCUT2D eigenvalue weighted by molar-refractivity contribution is 5.23. The number of aliphatic hydroxyl groups is 1. The van der Waals surface area contributed by atoms with Gasteiger partial charge in [0, 0.05) is 32.7 Å². The zero-order chi connectivity index (χ0) is 13.0. The van der Waals surface area contributed by atoms with Gasteiger partial charge in [0.25, 0.3) is 0 Å². The van der Waals surface area contributed by atoms with Crippen molar-refractivity contribution in [2.75, 3.05) is 39.3 Å². The summed E-state index contributed by atoms with van der Waals surface area (Å²) in [6.07, 6.45) is -0.362. The van der Waals surface area contributed by atoms with Crippen LogP contribution in [-0.2, 0) is 0 Å². The molecule has 1 N–H and O–H groups in total. The van der Waals surface area contributed by atoms with Crippen LogP contribution in [0.5, 0.6) is 0 Å². The maximum absolute atomic E-state index is 10.2. The van der Waals surface area contributed by atoms with Crippen molar-refractivity contribution in [3.8, 4) is 0 Å². The Morgan fingerprint density at radius 2 is 1.61 bits per heavy atom. The van der Waals surface area contributed by atoms with Gasteiger partial charge in [0.1, 0.15) is 0 Å². The van der Waals surface area contributed by atoms with Gasteiger partial charge in [-0.2, -0.15) is 0 Å². The molecule has 0 aromatic heterocycles. The van der Waals surface area contributed by atoms with Crippen LogP contribution in [0, 0.1) is 6.92 Å². The standard InChI is InChI=1S/C15H24N2O/c1-3-16-8-10-17(11-9-16)12-15(18)14-6-4-13(2)5-7-14/h4-7,15,18H,3,8-12H2,1-2H3. The van der Waals surface area contributed by atoms with E-state index in [1.807, 2.05) is 12.1 Å². The Bertz CT molecular complexity index is 355. The lowest BCUT2D eigenvalue weighted by atomic mass is 10.1. The first-order chi connectivity index (χ1) is 8.69. The van der Waals surface area contributed by atoms with Gasteiger partial charge in [-0.15, -0.1) is 0 Å². The van der Waals surface area contributed by atoms with Crippen molar-refractivity contribution in [2.24, 2.45) is 0 Å². The maximum atomic E-state index is 10.2. The molecule has 0 bridgehead atoms. The van der Waals surface area contributed by atoms with Crippen LogP contribution in [0.1, 0.15) is 24.2 Å². The van der Waals surface area contributed by atoms with E-state index in [0.717, 1.165) is 44.8 Å². The predicted octanol–water partition coefficient (Wildman–Crippen LogP) is 1.67. The lowest BCUT2D eigenvalue weighted by molar-refractivity contribution is 0.0744. The van der Waals surface area contributed by atoms with E-state index in [4.69, 9.17) is 0 Å². The smallest absolute Gasteiger partial charge is 0.0916 e. The number of β-amino-alcohol motifs (C(OH)–C–C–N with tert-alkyl or cyclic N) is 1. The molecule has 0 spiro atoms. The van der Waals surface area contributed by atoms with Crippen LogP contribution in [-0.4, -0.2) is 54.2 Å². The summed E-state index contributed by atoms with van der Waals surface area (Å²) in [4.78, 5) is 4.81. The summed E-state index contributed by atoms with van der Waals surface area (Å²) >= 11 is 0. The van der Waals surface area contributed by atoms with Crippen LogP contribution in [0.2, 0.25) is 0 Å². The second-order valence-electron chi connectivity index (χ2n) is 5.16. The SMILES string of the molecule is CCN1CCN(CC(O)c2ccc(C)cc2)CC1. The van der Waals surface area contributed by atoms with Gasteiger partial charge in [0.05, 0.1) is 6.10 Å². The van der Waals surface area contributed by atoms with E-state index in [0.29, 0.717) is 0 Å². The molecule has 3 nitrogen and oxygen atoms in total. The van der Waals surface area contributed by atoms with Crippen molar-refractivity contribution >= 4 is 0 Å². The average molecular weight is 248 g/mol.